The fourth-order valence-electron chi connectivity index (χ4n) is 1.81. The van der Waals surface area contributed by atoms with E-state index in [0.717, 1.165) is 21.6 Å². The SMILES string of the molecule is CCCc1c(O)[se]c2ccc(C)cc2c1=O. The summed E-state index contributed by atoms with van der Waals surface area (Å²) in [7, 11) is 0. The van der Waals surface area contributed by atoms with E-state index < -0.39 is 0 Å². The number of aromatic hydroxyl groups is 1. The average molecular weight is 281 g/mol. The summed E-state index contributed by atoms with van der Waals surface area (Å²) < 4.78 is 1.32. The quantitative estimate of drug-likeness (QED) is 0.857. The van der Waals surface area contributed by atoms with Crippen LogP contribution in [0.4, 0.5) is 0 Å². The van der Waals surface area contributed by atoms with Gasteiger partial charge in [-0.15, -0.1) is 0 Å². The molecule has 2 nitrogen and oxygen atoms in total. The van der Waals surface area contributed by atoms with Crippen molar-refractivity contribution < 1.29 is 5.11 Å². The molecule has 0 amide bonds. The van der Waals surface area contributed by atoms with E-state index in [0.29, 0.717) is 16.6 Å². The van der Waals surface area contributed by atoms with E-state index in [1.54, 1.807) is 0 Å². The topological polar surface area (TPSA) is 37.3 Å². The first-order valence-corrected chi connectivity index (χ1v) is 7.10. The van der Waals surface area contributed by atoms with Crippen molar-refractivity contribution in [1.82, 2.24) is 0 Å². The van der Waals surface area contributed by atoms with Gasteiger partial charge in [-0.25, -0.2) is 0 Å². The van der Waals surface area contributed by atoms with Crippen LogP contribution >= 0.6 is 0 Å². The van der Waals surface area contributed by atoms with Gasteiger partial charge in [-0.1, -0.05) is 0 Å². The summed E-state index contributed by atoms with van der Waals surface area (Å²) in [6.07, 6.45) is 1.57. The molecular weight excluding hydrogens is 267 g/mol. The number of hydrogen-bond acceptors (Lipinski definition) is 2. The Morgan fingerprint density at radius 3 is 2.81 bits per heavy atom. The van der Waals surface area contributed by atoms with Crippen LogP contribution in [0.25, 0.3) is 9.65 Å². The summed E-state index contributed by atoms with van der Waals surface area (Å²) in [5, 5.41) is 10.7. The minimum absolute atomic E-state index is 0.0196. The third-order valence-corrected chi connectivity index (χ3v) is 4.75. The van der Waals surface area contributed by atoms with Crippen molar-refractivity contribution in [1.29, 1.82) is 0 Å². The van der Waals surface area contributed by atoms with Crippen LogP contribution in [0.2, 0.25) is 0 Å². The van der Waals surface area contributed by atoms with Gasteiger partial charge in [-0.05, 0) is 0 Å². The van der Waals surface area contributed by atoms with Crippen LogP contribution in [-0.2, 0) is 6.42 Å². The molecule has 0 atom stereocenters. The van der Waals surface area contributed by atoms with Crippen LogP contribution in [0.15, 0.2) is 23.0 Å². The molecule has 0 radical (unpaired) electrons. The second kappa shape index (κ2) is 4.44. The minimum atomic E-state index is -0.0958. The van der Waals surface area contributed by atoms with Crippen molar-refractivity contribution in [2.24, 2.45) is 0 Å². The zero-order valence-corrected chi connectivity index (χ0v) is 11.1. The summed E-state index contributed by atoms with van der Waals surface area (Å²) in [4.78, 5) is 12.2. The van der Waals surface area contributed by atoms with E-state index in [9.17, 15) is 9.90 Å². The first-order valence-electron chi connectivity index (χ1n) is 5.38. The summed E-state index contributed by atoms with van der Waals surface area (Å²) in [6.45, 7) is 4.00. The molecule has 0 saturated carbocycles. The van der Waals surface area contributed by atoms with E-state index in [1.807, 2.05) is 32.0 Å². The predicted molar refractivity (Wildman–Crippen MR) is 67.6 cm³/mol. The molecule has 1 heterocycles. The molecule has 1 aromatic carbocycles. The van der Waals surface area contributed by atoms with Gasteiger partial charge in [0.05, 0.1) is 0 Å². The molecule has 1 aromatic heterocycles. The molecule has 0 fully saturated rings. The molecule has 0 aliphatic heterocycles. The second-order valence-electron chi connectivity index (χ2n) is 3.96. The van der Waals surface area contributed by atoms with E-state index >= 15 is 0 Å². The van der Waals surface area contributed by atoms with Gasteiger partial charge in [0, 0.05) is 0 Å². The summed E-state index contributed by atoms with van der Waals surface area (Å²) in [5.74, 6) is 0. The second-order valence-corrected chi connectivity index (χ2v) is 6.13. The zero-order valence-electron chi connectivity index (χ0n) is 9.41. The first-order chi connectivity index (χ1) is 7.63. The molecule has 1 N–H and O–H groups in total. The van der Waals surface area contributed by atoms with E-state index in [1.165, 1.54) is 0 Å². The number of rotatable bonds is 2. The van der Waals surface area contributed by atoms with Crippen molar-refractivity contribution in [3.8, 4) is 4.62 Å². The van der Waals surface area contributed by atoms with Gasteiger partial charge in [-0.3, -0.25) is 0 Å². The Morgan fingerprint density at radius 2 is 2.12 bits per heavy atom. The molecule has 3 heteroatoms. The molecule has 0 spiro atoms. The van der Waals surface area contributed by atoms with Crippen molar-refractivity contribution in [3.05, 3.63) is 39.5 Å². The number of aryl methyl sites for hydroxylation is 1. The third-order valence-electron chi connectivity index (χ3n) is 2.62. The van der Waals surface area contributed by atoms with Crippen LogP contribution < -0.4 is 5.43 Å². The Morgan fingerprint density at radius 1 is 1.38 bits per heavy atom. The predicted octanol–water partition coefficient (Wildman–Crippen LogP) is 2.22. The summed E-state index contributed by atoms with van der Waals surface area (Å²) >= 11 is -0.0958. The van der Waals surface area contributed by atoms with Crippen LogP contribution in [-0.4, -0.2) is 19.6 Å². The van der Waals surface area contributed by atoms with Crippen LogP contribution in [0, 0.1) is 6.92 Å². The van der Waals surface area contributed by atoms with E-state index in [2.05, 4.69) is 0 Å². The van der Waals surface area contributed by atoms with Gasteiger partial charge >= 0.3 is 100 Å². The van der Waals surface area contributed by atoms with Crippen molar-refractivity contribution in [2.75, 3.05) is 0 Å². The van der Waals surface area contributed by atoms with Crippen molar-refractivity contribution in [3.63, 3.8) is 0 Å². The van der Waals surface area contributed by atoms with E-state index in [4.69, 9.17) is 0 Å². The maximum atomic E-state index is 12.2. The van der Waals surface area contributed by atoms with Crippen LogP contribution in [0.3, 0.4) is 0 Å². The zero-order chi connectivity index (χ0) is 11.7. The molecule has 2 rings (SSSR count). The fourth-order valence-corrected chi connectivity index (χ4v) is 3.74. The van der Waals surface area contributed by atoms with Gasteiger partial charge in [0.2, 0.25) is 0 Å². The van der Waals surface area contributed by atoms with Crippen LogP contribution in [0.1, 0.15) is 24.5 Å². The summed E-state index contributed by atoms with van der Waals surface area (Å²) in [5.41, 5.74) is 1.74. The fraction of sp³-hybridized carbons (Fsp3) is 0.308. The van der Waals surface area contributed by atoms with Gasteiger partial charge in [0.25, 0.3) is 0 Å². The number of fused-ring (bicyclic) bond motifs is 1. The standard InChI is InChI=1S/C13H14O2Se/c1-3-4-9-12(14)10-7-8(2)5-6-11(10)16-13(9)15/h5-7,15H,3-4H2,1-2H3. The molecule has 2 aromatic rings. The van der Waals surface area contributed by atoms with E-state index in [-0.39, 0.29) is 19.9 Å². The first kappa shape index (κ1) is 11.4. The van der Waals surface area contributed by atoms with Crippen molar-refractivity contribution >= 4 is 24.1 Å². The molecule has 0 aliphatic rings. The Kier molecular flexibility index (Phi) is 3.17. The van der Waals surface area contributed by atoms with Crippen LogP contribution in [0.5, 0.6) is 4.62 Å². The van der Waals surface area contributed by atoms with Gasteiger partial charge in [0.1, 0.15) is 0 Å². The number of benzene rings is 1. The molecule has 84 valence electrons. The molecule has 0 bridgehead atoms. The monoisotopic (exact) mass is 282 g/mol. The molecular formula is C13H14O2Se. The summed E-state index contributed by atoms with van der Waals surface area (Å²) in [6, 6.07) is 5.88. The molecule has 16 heavy (non-hydrogen) atoms. The Hall–Kier alpha value is -1.05. The molecule has 0 saturated heterocycles. The molecule has 0 unspecified atom stereocenters. The molecule has 0 aliphatic carbocycles. The normalized spacial score (nSPS) is 10.9. The Labute approximate surface area is 100 Å². The Balaban J connectivity index is 2.80. The van der Waals surface area contributed by atoms with Gasteiger partial charge in [0.15, 0.2) is 0 Å². The van der Waals surface area contributed by atoms with Gasteiger partial charge in [-0.2, -0.15) is 0 Å². The average Bonchev–Trinajstić information content (AvgIpc) is 2.26. The maximum absolute atomic E-state index is 12.2. The third kappa shape index (κ3) is 1.93. The van der Waals surface area contributed by atoms with Crippen molar-refractivity contribution in [2.45, 2.75) is 26.7 Å². The Bertz CT molecular complexity index is 584. The van der Waals surface area contributed by atoms with Gasteiger partial charge < -0.3 is 0 Å². The number of hydrogen-bond donors (Lipinski definition) is 1.